The lowest BCUT2D eigenvalue weighted by Crippen LogP contribution is -2.16. The Morgan fingerprint density at radius 3 is 2.69 bits per heavy atom. The summed E-state index contributed by atoms with van der Waals surface area (Å²) in [6, 6.07) is 18.8. The molecular weight excluding hydrogens is 330 g/mol. The van der Waals surface area contributed by atoms with Crippen molar-refractivity contribution >= 4 is 11.6 Å². The van der Waals surface area contributed by atoms with Crippen LogP contribution in [0.3, 0.4) is 0 Å². The highest BCUT2D eigenvalue weighted by Crippen LogP contribution is 2.21. The summed E-state index contributed by atoms with van der Waals surface area (Å²) in [7, 11) is 0. The van der Waals surface area contributed by atoms with E-state index in [9.17, 15) is 4.79 Å². The van der Waals surface area contributed by atoms with Gasteiger partial charge in [-0.1, -0.05) is 47.6 Å². The molecule has 0 aliphatic heterocycles. The first kappa shape index (κ1) is 15.8. The molecule has 0 atom stereocenters. The maximum Gasteiger partial charge on any atom is 0.230 e. The number of amides is 1. The highest BCUT2D eigenvalue weighted by Gasteiger charge is 2.13. The number of nitrogens with one attached hydrogen (secondary N) is 1. The molecule has 1 amide bonds. The maximum absolute atomic E-state index is 12.4. The van der Waals surface area contributed by atoms with Crippen molar-refractivity contribution in [2.75, 3.05) is 5.32 Å². The van der Waals surface area contributed by atoms with Gasteiger partial charge in [0.15, 0.2) is 5.76 Å². The van der Waals surface area contributed by atoms with Gasteiger partial charge < -0.3 is 9.84 Å². The van der Waals surface area contributed by atoms with Gasteiger partial charge in [-0.2, -0.15) is 5.10 Å². The number of benzene rings is 2. The third kappa shape index (κ3) is 3.36. The summed E-state index contributed by atoms with van der Waals surface area (Å²) >= 11 is 0. The van der Waals surface area contributed by atoms with Gasteiger partial charge in [0.05, 0.1) is 23.5 Å². The van der Waals surface area contributed by atoms with E-state index in [4.69, 9.17) is 4.52 Å². The number of hydrogen-bond acceptors (Lipinski definition) is 5. The molecule has 26 heavy (non-hydrogen) atoms. The highest BCUT2D eigenvalue weighted by atomic mass is 16.5. The molecule has 0 saturated heterocycles. The number of anilines is 1. The van der Waals surface area contributed by atoms with Gasteiger partial charge >= 0.3 is 0 Å². The molecule has 1 N–H and O–H groups in total. The van der Waals surface area contributed by atoms with E-state index >= 15 is 0 Å². The number of hydrogen-bond donors (Lipinski definition) is 1. The molecule has 2 aromatic carbocycles. The normalized spacial score (nSPS) is 10.6. The Balaban J connectivity index is 1.48. The molecular formula is C19H15N5O2. The maximum atomic E-state index is 12.4. The predicted molar refractivity (Wildman–Crippen MR) is 95.6 cm³/mol. The van der Waals surface area contributed by atoms with E-state index in [1.807, 2.05) is 54.6 Å². The van der Waals surface area contributed by atoms with Gasteiger partial charge in [0.2, 0.25) is 5.91 Å². The third-order valence-electron chi connectivity index (χ3n) is 3.80. The van der Waals surface area contributed by atoms with Gasteiger partial charge in [0.25, 0.3) is 0 Å². The van der Waals surface area contributed by atoms with Crippen LogP contribution < -0.4 is 5.32 Å². The predicted octanol–water partition coefficient (Wildman–Crippen LogP) is 3.10. The van der Waals surface area contributed by atoms with Crippen LogP contribution in [0.4, 0.5) is 5.69 Å². The summed E-state index contributed by atoms with van der Waals surface area (Å²) in [5, 5.41) is 11.0. The van der Waals surface area contributed by atoms with Crippen LogP contribution in [0.2, 0.25) is 0 Å². The van der Waals surface area contributed by atoms with Crippen molar-refractivity contribution in [1.82, 2.24) is 19.9 Å². The van der Waals surface area contributed by atoms with Crippen LogP contribution >= 0.6 is 0 Å². The Labute approximate surface area is 149 Å². The Morgan fingerprint density at radius 1 is 1.08 bits per heavy atom. The summed E-state index contributed by atoms with van der Waals surface area (Å²) in [6.45, 7) is 0. The molecule has 4 aromatic rings. The van der Waals surface area contributed by atoms with Gasteiger partial charge in [0.1, 0.15) is 12.7 Å². The zero-order chi connectivity index (χ0) is 17.8. The SMILES string of the molecule is O=C(Cc1cc(-c2ccccc2)on1)Nc1ccccc1-n1cncn1. The number of aromatic nitrogens is 4. The Hall–Kier alpha value is -3.74. The molecule has 2 heterocycles. The lowest BCUT2D eigenvalue weighted by Gasteiger charge is -2.09. The first-order chi connectivity index (χ1) is 12.8. The number of para-hydroxylation sites is 2. The van der Waals surface area contributed by atoms with Crippen molar-refractivity contribution in [3.05, 3.63) is 79.0 Å². The second kappa shape index (κ2) is 7.02. The van der Waals surface area contributed by atoms with Crippen molar-refractivity contribution in [1.29, 1.82) is 0 Å². The van der Waals surface area contributed by atoms with E-state index in [-0.39, 0.29) is 12.3 Å². The monoisotopic (exact) mass is 345 g/mol. The van der Waals surface area contributed by atoms with Crippen LogP contribution in [0.5, 0.6) is 0 Å². The fourth-order valence-corrected chi connectivity index (χ4v) is 2.60. The van der Waals surface area contributed by atoms with Crippen LogP contribution in [0.15, 0.2) is 77.8 Å². The van der Waals surface area contributed by atoms with Crippen LogP contribution in [0.1, 0.15) is 5.69 Å². The van der Waals surface area contributed by atoms with E-state index in [0.717, 1.165) is 11.3 Å². The van der Waals surface area contributed by atoms with Crippen molar-refractivity contribution in [2.45, 2.75) is 6.42 Å². The second-order valence-corrected chi connectivity index (χ2v) is 5.63. The summed E-state index contributed by atoms with van der Waals surface area (Å²) in [6.07, 6.45) is 3.13. The van der Waals surface area contributed by atoms with Gasteiger partial charge in [-0.3, -0.25) is 4.79 Å². The minimum atomic E-state index is -0.189. The molecule has 0 saturated carbocycles. The first-order valence-electron chi connectivity index (χ1n) is 8.04. The van der Waals surface area contributed by atoms with Gasteiger partial charge in [-0.05, 0) is 12.1 Å². The summed E-state index contributed by atoms with van der Waals surface area (Å²) in [5.74, 6) is 0.446. The molecule has 0 radical (unpaired) electrons. The average molecular weight is 345 g/mol. The van der Waals surface area contributed by atoms with E-state index in [1.54, 1.807) is 17.1 Å². The Bertz CT molecular complexity index is 1010. The molecule has 0 unspecified atom stereocenters. The zero-order valence-corrected chi connectivity index (χ0v) is 13.7. The smallest absolute Gasteiger partial charge is 0.230 e. The number of carbonyl (C=O) groups is 1. The standard InChI is InChI=1S/C19H15N5O2/c25-19(11-15-10-18(26-23-15)14-6-2-1-3-7-14)22-16-8-4-5-9-17(16)24-13-20-12-21-24/h1-10,12-13H,11H2,(H,22,25). The lowest BCUT2D eigenvalue weighted by molar-refractivity contribution is -0.115. The first-order valence-corrected chi connectivity index (χ1v) is 8.04. The van der Waals surface area contributed by atoms with E-state index in [1.165, 1.54) is 6.33 Å². The van der Waals surface area contributed by atoms with E-state index in [2.05, 4.69) is 20.6 Å². The van der Waals surface area contributed by atoms with E-state index in [0.29, 0.717) is 17.1 Å². The Morgan fingerprint density at radius 2 is 1.88 bits per heavy atom. The molecule has 0 aliphatic carbocycles. The lowest BCUT2D eigenvalue weighted by atomic mass is 10.1. The van der Waals surface area contributed by atoms with Crippen LogP contribution in [0.25, 0.3) is 17.0 Å². The molecule has 7 heteroatoms. The van der Waals surface area contributed by atoms with Gasteiger partial charge in [0, 0.05) is 11.6 Å². The molecule has 0 fully saturated rings. The summed E-state index contributed by atoms with van der Waals surface area (Å²) in [4.78, 5) is 16.3. The van der Waals surface area contributed by atoms with Crippen LogP contribution in [-0.4, -0.2) is 25.8 Å². The topological polar surface area (TPSA) is 85.8 Å². The molecule has 128 valence electrons. The minimum absolute atomic E-state index is 0.113. The second-order valence-electron chi connectivity index (χ2n) is 5.63. The van der Waals surface area contributed by atoms with Gasteiger partial charge in [-0.25, -0.2) is 9.67 Å². The molecule has 0 aliphatic rings. The third-order valence-corrected chi connectivity index (χ3v) is 3.80. The number of carbonyl (C=O) groups excluding carboxylic acids is 1. The quantitative estimate of drug-likeness (QED) is 0.601. The molecule has 0 spiro atoms. The van der Waals surface area contributed by atoms with Crippen molar-refractivity contribution in [3.8, 4) is 17.0 Å². The summed E-state index contributed by atoms with van der Waals surface area (Å²) in [5.41, 5.74) is 2.88. The minimum Gasteiger partial charge on any atom is -0.356 e. The molecule has 4 rings (SSSR count). The molecule has 7 nitrogen and oxygen atoms in total. The largest absolute Gasteiger partial charge is 0.356 e. The van der Waals surface area contributed by atoms with Crippen LogP contribution in [-0.2, 0) is 11.2 Å². The van der Waals surface area contributed by atoms with Crippen LogP contribution in [0, 0.1) is 0 Å². The molecule has 0 bridgehead atoms. The number of rotatable bonds is 5. The van der Waals surface area contributed by atoms with Gasteiger partial charge in [-0.15, -0.1) is 0 Å². The molecule has 2 aromatic heterocycles. The highest BCUT2D eigenvalue weighted by molar-refractivity contribution is 5.94. The van der Waals surface area contributed by atoms with Crippen molar-refractivity contribution < 1.29 is 9.32 Å². The Kier molecular flexibility index (Phi) is 4.26. The van der Waals surface area contributed by atoms with E-state index < -0.39 is 0 Å². The summed E-state index contributed by atoms with van der Waals surface area (Å²) < 4.78 is 6.93. The zero-order valence-electron chi connectivity index (χ0n) is 13.7. The average Bonchev–Trinajstić information content (AvgIpc) is 3.35. The fraction of sp³-hybridized carbons (Fsp3) is 0.0526. The van der Waals surface area contributed by atoms with Crippen molar-refractivity contribution in [3.63, 3.8) is 0 Å². The van der Waals surface area contributed by atoms with Crippen molar-refractivity contribution in [2.24, 2.45) is 0 Å². The fourth-order valence-electron chi connectivity index (χ4n) is 2.60. The number of nitrogens with zero attached hydrogens (tertiary/aromatic N) is 4.